The van der Waals surface area contributed by atoms with Crippen LogP contribution in [0.3, 0.4) is 0 Å². The van der Waals surface area contributed by atoms with Crippen LogP contribution >= 0.6 is 0 Å². The molecule has 2 heterocycles. The molecular formula is C8H16N2O. The summed E-state index contributed by atoms with van der Waals surface area (Å²) < 4.78 is 0. The average Bonchev–Trinajstić information content (AvgIpc) is 2.34. The summed E-state index contributed by atoms with van der Waals surface area (Å²) in [5, 5.41) is 15.9. The summed E-state index contributed by atoms with van der Waals surface area (Å²) in [5.41, 5.74) is 0.282. The first-order valence-corrected chi connectivity index (χ1v) is 4.47. The monoisotopic (exact) mass is 156 g/mol. The van der Waals surface area contributed by atoms with Crippen LogP contribution in [-0.4, -0.2) is 30.0 Å². The Balaban J connectivity index is 1.98. The first-order valence-electron chi connectivity index (χ1n) is 4.47. The van der Waals surface area contributed by atoms with Crippen LogP contribution < -0.4 is 10.6 Å². The molecule has 0 aromatic heterocycles. The Labute approximate surface area is 67.2 Å². The van der Waals surface area contributed by atoms with Gasteiger partial charge in [-0.25, -0.2) is 0 Å². The standard InChI is InChI=1S/C8H16N2O/c11-7-1-2-8(10-7)3-5-9-6-4-8/h7,9-11H,1-6H2. The first-order chi connectivity index (χ1) is 5.31. The van der Waals surface area contributed by atoms with Gasteiger partial charge in [-0.15, -0.1) is 0 Å². The zero-order valence-electron chi connectivity index (χ0n) is 6.77. The fourth-order valence-electron chi connectivity index (χ4n) is 2.21. The number of aliphatic hydroxyl groups excluding tert-OH is 1. The summed E-state index contributed by atoms with van der Waals surface area (Å²) in [5.74, 6) is 0. The van der Waals surface area contributed by atoms with Crippen LogP contribution in [0.5, 0.6) is 0 Å². The van der Waals surface area contributed by atoms with Crippen LogP contribution in [0.1, 0.15) is 25.7 Å². The smallest absolute Gasteiger partial charge is 0.105 e. The number of nitrogens with one attached hydrogen (secondary N) is 2. The second kappa shape index (κ2) is 2.73. The molecule has 11 heavy (non-hydrogen) atoms. The van der Waals surface area contributed by atoms with Crippen LogP contribution in [0.2, 0.25) is 0 Å². The van der Waals surface area contributed by atoms with Gasteiger partial charge in [0.15, 0.2) is 0 Å². The van der Waals surface area contributed by atoms with Gasteiger partial charge in [0.1, 0.15) is 6.23 Å². The summed E-state index contributed by atoms with van der Waals surface area (Å²) in [6.45, 7) is 2.19. The second-order valence-corrected chi connectivity index (χ2v) is 3.73. The van der Waals surface area contributed by atoms with E-state index in [0.717, 1.165) is 25.9 Å². The average molecular weight is 156 g/mol. The van der Waals surface area contributed by atoms with Crippen LogP contribution in [0, 0.1) is 0 Å². The SMILES string of the molecule is OC1CCC2(CCNCC2)N1. The number of hydrogen-bond acceptors (Lipinski definition) is 3. The molecule has 0 aromatic carbocycles. The van der Waals surface area contributed by atoms with Gasteiger partial charge < -0.3 is 10.4 Å². The van der Waals surface area contributed by atoms with Gasteiger partial charge in [0.2, 0.25) is 0 Å². The third-order valence-corrected chi connectivity index (χ3v) is 2.93. The molecule has 2 aliphatic heterocycles. The summed E-state index contributed by atoms with van der Waals surface area (Å²) in [4.78, 5) is 0. The van der Waals surface area contributed by atoms with Crippen molar-refractivity contribution >= 4 is 0 Å². The third-order valence-electron chi connectivity index (χ3n) is 2.93. The summed E-state index contributed by atoms with van der Waals surface area (Å²) >= 11 is 0. The molecule has 2 aliphatic rings. The fraction of sp³-hybridized carbons (Fsp3) is 1.00. The summed E-state index contributed by atoms with van der Waals surface area (Å²) in [6, 6.07) is 0. The van der Waals surface area contributed by atoms with Gasteiger partial charge in [-0.2, -0.15) is 0 Å². The number of hydrogen-bond donors (Lipinski definition) is 3. The molecule has 2 saturated heterocycles. The number of rotatable bonds is 0. The Hall–Kier alpha value is -0.120. The van der Waals surface area contributed by atoms with Gasteiger partial charge in [0.05, 0.1) is 0 Å². The van der Waals surface area contributed by atoms with Crippen molar-refractivity contribution in [1.82, 2.24) is 10.6 Å². The molecule has 64 valence electrons. The minimum atomic E-state index is -0.243. The van der Waals surface area contributed by atoms with Crippen molar-refractivity contribution in [3.63, 3.8) is 0 Å². The van der Waals surface area contributed by atoms with Crippen LogP contribution in [-0.2, 0) is 0 Å². The number of aliphatic hydroxyl groups is 1. The molecule has 3 heteroatoms. The van der Waals surface area contributed by atoms with Gasteiger partial charge in [-0.05, 0) is 38.8 Å². The molecule has 0 amide bonds. The lowest BCUT2D eigenvalue weighted by Crippen LogP contribution is -2.50. The largest absolute Gasteiger partial charge is 0.379 e. The predicted octanol–water partition coefficient (Wildman–Crippen LogP) is -0.190. The van der Waals surface area contributed by atoms with Gasteiger partial charge in [-0.1, -0.05) is 0 Å². The topological polar surface area (TPSA) is 44.3 Å². The molecule has 1 spiro atoms. The molecule has 1 unspecified atom stereocenters. The van der Waals surface area contributed by atoms with Crippen molar-refractivity contribution < 1.29 is 5.11 Å². The molecule has 1 atom stereocenters. The van der Waals surface area contributed by atoms with Crippen LogP contribution in [0.25, 0.3) is 0 Å². The molecule has 2 rings (SSSR count). The molecule has 0 aromatic rings. The van der Waals surface area contributed by atoms with E-state index >= 15 is 0 Å². The normalized spacial score (nSPS) is 36.3. The Kier molecular flexibility index (Phi) is 1.87. The van der Waals surface area contributed by atoms with Gasteiger partial charge in [0.25, 0.3) is 0 Å². The zero-order chi connectivity index (χ0) is 7.73. The molecule has 0 saturated carbocycles. The predicted molar refractivity (Wildman–Crippen MR) is 43.2 cm³/mol. The van der Waals surface area contributed by atoms with Crippen LogP contribution in [0.4, 0.5) is 0 Å². The molecule has 0 radical (unpaired) electrons. The lowest BCUT2D eigenvalue weighted by atomic mass is 9.87. The second-order valence-electron chi connectivity index (χ2n) is 3.73. The lowest BCUT2D eigenvalue weighted by molar-refractivity contribution is 0.131. The highest BCUT2D eigenvalue weighted by molar-refractivity contribution is 4.97. The minimum Gasteiger partial charge on any atom is -0.379 e. The highest BCUT2D eigenvalue weighted by Gasteiger charge is 2.38. The maximum absolute atomic E-state index is 9.32. The van der Waals surface area contributed by atoms with Crippen molar-refractivity contribution in [2.75, 3.05) is 13.1 Å². The Morgan fingerprint density at radius 3 is 2.45 bits per heavy atom. The molecule has 3 nitrogen and oxygen atoms in total. The Bertz CT molecular complexity index is 138. The van der Waals surface area contributed by atoms with Crippen molar-refractivity contribution in [2.24, 2.45) is 0 Å². The van der Waals surface area contributed by atoms with Crippen molar-refractivity contribution in [3.05, 3.63) is 0 Å². The fourth-order valence-corrected chi connectivity index (χ4v) is 2.21. The Morgan fingerprint density at radius 2 is 1.91 bits per heavy atom. The highest BCUT2D eigenvalue weighted by Crippen LogP contribution is 2.30. The van der Waals surface area contributed by atoms with E-state index in [2.05, 4.69) is 10.6 Å². The van der Waals surface area contributed by atoms with E-state index in [4.69, 9.17) is 0 Å². The molecule has 3 N–H and O–H groups in total. The number of piperidine rings is 1. The zero-order valence-corrected chi connectivity index (χ0v) is 6.77. The first kappa shape index (κ1) is 7.53. The van der Waals surface area contributed by atoms with Crippen molar-refractivity contribution in [2.45, 2.75) is 37.5 Å². The van der Waals surface area contributed by atoms with E-state index in [-0.39, 0.29) is 11.8 Å². The minimum absolute atomic E-state index is 0.243. The summed E-state index contributed by atoms with van der Waals surface area (Å²) in [6.07, 6.45) is 4.18. The van der Waals surface area contributed by atoms with E-state index in [0.29, 0.717) is 0 Å². The van der Waals surface area contributed by atoms with Crippen molar-refractivity contribution in [3.8, 4) is 0 Å². The van der Waals surface area contributed by atoms with E-state index in [1.165, 1.54) is 12.8 Å². The highest BCUT2D eigenvalue weighted by atomic mass is 16.3. The van der Waals surface area contributed by atoms with E-state index in [9.17, 15) is 5.11 Å². The third kappa shape index (κ3) is 1.41. The van der Waals surface area contributed by atoms with Gasteiger partial charge in [0, 0.05) is 5.54 Å². The van der Waals surface area contributed by atoms with E-state index in [1.807, 2.05) is 0 Å². The van der Waals surface area contributed by atoms with Crippen molar-refractivity contribution in [1.29, 1.82) is 0 Å². The molecular weight excluding hydrogens is 140 g/mol. The lowest BCUT2D eigenvalue weighted by Gasteiger charge is -2.34. The summed E-state index contributed by atoms with van der Waals surface area (Å²) in [7, 11) is 0. The Morgan fingerprint density at radius 1 is 1.18 bits per heavy atom. The van der Waals surface area contributed by atoms with Crippen LogP contribution in [0.15, 0.2) is 0 Å². The van der Waals surface area contributed by atoms with Gasteiger partial charge in [-0.3, -0.25) is 5.32 Å². The maximum Gasteiger partial charge on any atom is 0.105 e. The molecule has 0 aliphatic carbocycles. The van der Waals surface area contributed by atoms with E-state index in [1.54, 1.807) is 0 Å². The molecule has 0 bridgehead atoms. The molecule has 2 fully saturated rings. The quantitative estimate of drug-likeness (QED) is 0.455. The van der Waals surface area contributed by atoms with E-state index < -0.39 is 0 Å². The van der Waals surface area contributed by atoms with Gasteiger partial charge >= 0.3 is 0 Å². The maximum atomic E-state index is 9.32.